The molecule has 0 bridgehead atoms. The van der Waals surface area contributed by atoms with E-state index in [9.17, 15) is 8.42 Å². The zero-order chi connectivity index (χ0) is 16.1. The molecule has 2 aliphatic heterocycles. The third-order valence-electron chi connectivity index (χ3n) is 4.23. The molecule has 0 amide bonds. The molecule has 0 spiro atoms. The minimum Gasteiger partial charge on any atom is -0.356 e. The predicted octanol–water partition coefficient (Wildman–Crippen LogP) is 1.30. The average Bonchev–Trinajstić information content (AvgIpc) is 2.62. The second-order valence-corrected chi connectivity index (χ2v) is 7.91. The van der Waals surface area contributed by atoms with Crippen molar-refractivity contribution in [3.8, 4) is 0 Å². The standard InChI is InChI=1S/C16H24N4O2S/c21-23(22,20-11-2-1-3-12-20)15-7-5-14(6-8-15)13-19-16-17-9-4-10-18-16/h5-8H,1-4,9-13H2,(H2,17,18,19). The Kier molecular flexibility index (Phi) is 5.17. The van der Waals surface area contributed by atoms with Gasteiger partial charge in [-0.1, -0.05) is 18.6 Å². The van der Waals surface area contributed by atoms with Crippen molar-refractivity contribution in [1.29, 1.82) is 0 Å². The summed E-state index contributed by atoms with van der Waals surface area (Å²) in [6.45, 7) is 3.70. The van der Waals surface area contributed by atoms with Gasteiger partial charge in [0.2, 0.25) is 10.0 Å². The van der Waals surface area contributed by atoms with E-state index in [0.717, 1.165) is 50.3 Å². The molecule has 0 radical (unpaired) electrons. The van der Waals surface area contributed by atoms with E-state index in [-0.39, 0.29) is 0 Å². The zero-order valence-corrected chi connectivity index (χ0v) is 14.1. The Hall–Kier alpha value is -1.60. The number of hydrogen-bond donors (Lipinski definition) is 2. The molecular formula is C16H24N4O2S. The van der Waals surface area contributed by atoms with E-state index in [2.05, 4.69) is 15.6 Å². The molecule has 0 aromatic heterocycles. The number of nitrogens with one attached hydrogen (secondary N) is 2. The van der Waals surface area contributed by atoms with Gasteiger partial charge < -0.3 is 10.6 Å². The minimum absolute atomic E-state index is 0.385. The minimum atomic E-state index is -3.34. The largest absolute Gasteiger partial charge is 0.356 e. The molecule has 0 unspecified atom stereocenters. The summed E-state index contributed by atoms with van der Waals surface area (Å²) in [6, 6.07) is 7.15. The van der Waals surface area contributed by atoms with Crippen molar-refractivity contribution in [3.05, 3.63) is 29.8 Å². The van der Waals surface area contributed by atoms with Gasteiger partial charge in [-0.15, -0.1) is 0 Å². The van der Waals surface area contributed by atoms with Crippen LogP contribution in [0.3, 0.4) is 0 Å². The highest BCUT2D eigenvalue weighted by atomic mass is 32.2. The molecule has 1 saturated heterocycles. The monoisotopic (exact) mass is 336 g/mol. The highest BCUT2D eigenvalue weighted by molar-refractivity contribution is 7.89. The van der Waals surface area contributed by atoms with Crippen LogP contribution in [0.1, 0.15) is 31.2 Å². The van der Waals surface area contributed by atoms with Crippen molar-refractivity contribution in [2.75, 3.05) is 26.2 Å². The van der Waals surface area contributed by atoms with Crippen LogP contribution in [0, 0.1) is 0 Å². The number of sulfonamides is 1. The molecule has 1 aromatic carbocycles. The molecule has 2 N–H and O–H groups in total. The van der Waals surface area contributed by atoms with Gasteiger partial charge in [0.15, 0.2) is 5.96 Å². The van der Waals surface area contributed by atoms with Gasteiger partial charge in [0.25, 0.3) is 0 Å². The predicted molar refractivity (Wildman–Crippen MR) is 90.8 cm³/mol. The summed E-state index contributed by atoms with van der Waals surface area (Å²) in [5.74, 6) is 0.821. The summed E-state index contributed by atoms with van der Waals surface area (Å²) in [7, 11) is -3.34. The molecule has 0 aliphatic carbocycles. The first-order valence-corrected chi connectivity index (χ1v) is 9.71. The quantitative estimate of drug-likeness (QED) is 0.869. The van der Waals surface area contributed by atoms with Gasteiger partial charge in [-0.05, 0) is 37.0 Å². The van der Waals surface area contributed by atoms with Crippen molar-refractivity contribution in [2.24, 2.45) is 4.99 Å². The summed E-state index contributed by atoms with van der Waals surface area (Å²) in [6.07, 6.45) is 4.09. The zero-order valence-electron chi connectivity index (χ0n) is 13.3. The van der Waals surface area contributed by atoms with Crippen LogP contribution >= 0.6 is 0 Å². The molecule has 0 saturated carbocycles. The van der Waals surface area contributed by atoms with E-state index < -0.39 is 10.0 Å². The molecule has 6 nitrogen and oxygen atoms in total. The summed E-state index contributed by atoms with van der Waals surface area (Å²) in [5, 5.41) is 6.44. The summed E-state index contributed by atoms with van der Waals surface area (Å²) < 4.78 is 26.8. The number of hydrogen-bond acceptors (Lipinski definition) is 5. The molecule has 0 atom stereocenters. The van der Waals surface area contributed by atoms with E-state index in [1.165, 1.54) is 0 Å². The van der Waals surface area contributed by atoms with E-state index in [4.69, 9.17) is 0 Å². The van der Waals surface area contributed by atoms with Gasteiger partial charge in [0.1, 0.15) is 0 Å². The van der Waals surface area contributed by atoms with Crippen LogP contribution in [0.4, 0.5) is 0 Å². The SMILES string of the molecule is O=S(=O)(c1ccc(CNC2=NCCCN2)cc1)N1CCCCC1. The molecule has 2 heterocycles. The Morgan fingerprint density at radius 2 is 1.83 bits per heavy atom. The van der Waals surface area contributed by atoms with E-state index in [1.54, 1.807) is 16.4 Å². The van der Waals surface area contributed by atoms with Crippen LogP contribution in [0.5, 0.6) is 0 Å². The summed E-state index contributed by atoms with van der Waals surface area (Å²) in [5.41, 5.74) is 1.04. The maximum atomic E-state index is 12.6. The lowest BCUT2D eigenvalue weighted by atomic mass is 10.2. The molecule has 1 aromatic rings. The molecule has 23 heavy (non-hydrogen) atoms. The molecule has 7 heteroatoms. The average molecular weight is 336 g/mol. The fourth-order valence-electron chi connectivity index (χ4n) is 2.87. The smallest absolute Gasteiger partial charge is 0.243 e. The van der Waals surface area contributed by atoms with E-state index >= 15 is 0 Å². The third-order valence-corrected chi connectivity index (χ3v) is 6.15. The lowest BCUT2D eigenvalue weighted by Crippen LogP contribution is -2.40. The second kappa shape index (κ2) is 7.31. The maximum absolute atomic E-state index is 12.6. The van der Waals surface area contributed by atoms with Crippen LogP contribution in [0.25, 0.3) is 0 Å². The third kappa shape index (κ3) is 4.03. The van der Waals surface area contributed by atoms with Crippen LogP contribution in [-0.4, -0.2) is 44.9 Å². The fraction of sp³-hybridized carbons (Fsp3) is 0.562. The Balaban J connectivity index is 1.63. The first-order chi connectivity index (χ1) is 11.2. The van der Waals surface area contributed by atoms with Crippen molar-refractivity contribution in [2.45, 2.75) is 37.1 Å². The lowest BCUT2D eigenvalue weighted by Gasteiger charge is -2.25. The van der Waals surface area contributed by atoms with Crippen molar-refractivity contribution in [1.82, 2.24) is 14.9 Å². The number of rotatable bonds is 4. The number of guanidine groups is 1. The molecule has 126 valence electrons. The normalized spacial score (nSPS) is 19.7. The van der Waals surface area contributed by atoms with E-state index in [0.29, 0.717) is 24.5 Å². The molecule has 3 rings (SSSR count). The number of piperidine rings is 1. The molecular weight excluding hydrogens is 312 g/mol. The highest BCUT2D eigenvalue weighted by Crippen LogP contribution is 2.20. The summed E-state index contributed by atoms with van der Waals surface area (Å²) in [4.78, 5) is 4.74. The fourth-order valence-corrected chi connectivity index (χ4v) is 4.39. The van der Waals surface area contributed by atoms with Gasteiger partial charge in [0, 0.05) is 32.7 Å². The van der Waals surface area contributed by atoms with E-state index in [1.807, 2.05) is 12.1 Å². The Morgan fingerprint density at radius 3 is 2.48 bits per heavy atom. The van der Waals surface area contributed by atoms with Crippen molar-refractivity contribution >= 4 is 16.0 Å². The second-order valence-electron chi connectivity index (χ2n) is 5.97. The van der Waals surface area contributed by atoms with Crippen LogP contribution in [0.15, 0.2) is 34.2 Å². The molecule has 2 aliphatic rings. The lowest BCUT2D eigenvalue weighted by molar-refractivity contribution is 0.346. The number of aliphatic imine (C=N–C) groups is 1. The van der Waals surface area contributed by atoms with Crippen LogP contribution in [-0.2, 0) is 16.6 Å². The first kappa shape index (κ1) is 16.3. The van der Waals surface area contributed by atoms with Gasteiger partial charge in [-0.25, -0.2) is 8.42 Å². The summed E-state index contributed by atoms with van der Waals surface area (Å²) >= 11 is 0. The van der Waals surface area contributed by atoms with Gasteiger partial charge in [0.05, 0.1) is 4.90 Å². The molecule has 1 fully saturated rings. The maximum Gasteiger partial charge on any atom is 0.243 e. The number of nitrogens with zero attached hydrogens (tertiary/aromatic N) is 2. The van der Waals surface area contributed by atoms with Gasteiger partial charge in [-0.2, -0.15) is 4.31 Å². The topological polar surface area (TPSA) is 73.8 Å². The highest BCUT2D eigenvalue weighted by Gasteiger charge is 2.25. The van der Waals surface area contributed by atoms with Crippen molar-refractivity contribution in [3.63, 3.8) is 0 Å². The van der Waals surface area contributed by atoms with Crippen LogP contribution in [0.2, 0.25) is 0 Å². The number of benzene rings is 1. The van der Waals surface area contributed by atoms with Crippen LogP contribution < -0.4 is 10.6 Å². The Labute approximate surface area is 138 Å². The Bertz CT molecular complexity index is 649. The van der Waals surface area contributed by atoms with Gasteiger partial charge >= 0.3 is 0 Å². The Morgan fingerprint density at radius 1 is 1.09 bits per heavy atom. The first-order valence-electron chi connectivity index (χ1n) is 8.27. The van der Waals surface area contributed by atoms with Gasteiger partial charge in [-0.3, -0.25) is 4.99 Å². The van der Waals surface area contributed by atoms with Crippen molar-refractivity contribution < 1.29 is 8.42 Å².